The van der Waals surface area contributed by atoms with Crippen molar-refractivity contribution in [1.29, 1.82) is 5.26 Å². The summed E-state index contributed by atoms with van der Waals surface area (Å²) < 4.78 is 15.6. The van der Waals surface area contributed by atoms with Gasteiger partial charge in [-0.25, -0.2) is 9.37 Å². The van der Waals surface area contributed by atoms with Gasteiger partial charge in [-0.1, -0.05) is 0 Å². The summed E-state index contributed by atoms with van der Waals surface area (Å²) in [6.45, 7) is 2.09. The molecule has 1 aliphatic heterocycles. The fourth-order valence-electron chi connectivity index (χ4n) is 4.09. The molecule has 0 spiro atoms. The quantitative estimate of drug-likeness (QED) is 0.484. The van der Waals surface area contributed by atoms with Crippen molar-refractivity contribution in [1.82, 2.24) is 19.9 Å². The zero-order valence-corrected chi connectivity index (χ0v) is 17.0. The molecule has 0 amide bonds. The lowest BCUT2D eigenvalue weighted by Gasteiger charge is -2.28. The summed E-state index contributed by atoms with van der Waals surface area (Å²) in [7, 11) is 0. The third-order valence-corrected chi connectivity index (χ3v) is 5.95. The van der Waals surface area contributed by atoms with E-state index >= 15 is 0 Å². The number of nitrogens with one attached hydrogen (secondary N) is 3. The molecule has 1 aliphatic carbocycles. The molecule has 2 atom stereocenters. The minimum atomic E-state index is -0.482. The number of piperidine rings is 1. The van der Waals surface area contributed by atoms with Crippen LogP contribution in [0.1, 0.15) is 36.3 Å². The normalized spacial score (nSPS) is 21.1. The van der Waals surface area contributed by atoms with E-state index < -0.39 is 11.9 Å². The molecular weight excluding hydrogens is 397 g/mol. The largest absolute Gasteiger partial charge is 0.391 e. The number of nitriles is 1. The minimum absolute atomic E-state index is 0.143. The van der Waals surface area contributed by atoms with Crippen LogP contribution in [0, 0.1) is 23.1 Å². The van der Waals surface area contributed by atoms with Gasteiger partial charge in [-0.2, -0.15) is 14.9 Å². The van der Waals surface area contributed by atoms with Crippen LogP contribution in [-0.2, 0) is 0 Å². The standard InChI is InChI=1S/C22H24FN7O/c23-16-5-13(9-24)6-17(7-16)28-21-8-20(26-10-15-3-4-25-12-19(15)31)29-22-18(14-1-2-14)11-27-30(21)22/h5-8,11,14-15,19,25,28,31H,1-4,10,12H2,(H,26,29)/t15-,19+/m0/s1. The van der Waals surface area contributed by atoms with E-state index in [9.17, 15) is 9.50 Å². The molecule has 3 aromatic rings. The molecule has 8 nitrogen and oxygen atoms in total. The summed E-state index contributed by atoms with van der Waals surface area (Å²) in [5.41, 5.74) is 2.57. The summed E-state index contributed by atoms with van der Waals surface area (Å²) >= 11 is 0. The highest BCUT2D eigenvalue weighted by molar-refractivity contribution is 5.67. The van der Waals surface area contributed by atoms with Gasteiger partial charge in [-0.15, -0.1) is 0 Å². The van der Waals surface area contributed by atoms with Crippen LogP contribution in [0.2, 0.25) is 0 Å². The van der Waals surface area contributed by atoms with Crippen LogP contribution in [-0.4, -0.2) is 45.4 Å². The number of aliphatic hydroxyl groups is 1. The lowest BCUT2D eigenvalue weighted by molar-refractivity contribution is 0.0883. The smallest absolute Gasteiger partial charge is 0.163 e. The highest BCUT2D eigenvalue weighted by Gasteiger charge is 2.28. The first-order chi connectivity index (χ1) is 15.1. The van der Waals surface area contributed by atoms with Crippen molar-refractivity contribution in [3.05, 3.63) is 47.4 Å². The molecule has 0 unspecified atom stereocenters. The predicted octanol–water partition coefficient (Wildman–Crippen LogP) is 2.74. The van der Waals surface area contributed by atoms with Crippen LogP contribution in [0.5, 0.6) is 0 Å². The number of hydrogen-bond donors (Lipinski definition) is 4. The Morgan fingerprint density at radius 2 is 2.13 bits per heavy atom. The lowest BCUT2D eigenvalue weighted by atomic mass is 9.95. The van der Waals surface area contributed by atoms with Gasteiger partial charge in [0.2, 0.25) is 0 Å². The number of fused-ring (bicyclic) bond motifs is 1. The number of benzene rings is 1. The molecule has 160 valence electrons. The number of anilines is 3. The molecule has 5 rings (SSSR count). The maximum Gasteiger partial charge on any atom is 0.163 e. The molecule has 2 fully saturated rings. The fourth-order valence-corrected chi connectivity index (χ4v) is 4.09. The van der Waals surface area contributed by atoms with Gasteiger partial charge in [0.05, 0.1) is 23.9 Å². The number of nitrogens with zero attached hydrogens (tertiary/aromatic N) is 4. The summed E-state index contributed by atoms with van der Waals surface area (Å²) in [4.78, 5) is 4.79. The molecule has 0 bridgehead atoms. The van der Waals surface area contributed by atoms with Crippen molar-refractivity contribution in [2.45, 2.75) is 31.3 Å². The highest BCUT2D eigenvalue weighted by Crippen LogP contribution is 2.42. The number of hydrogen-bond acceptors (Lipinski definition) is 7. The molecule has 2 aliphatic rings. The first-order valence-electron chi connectivity index (χ1n) is 10.6. The lowest BCUT2D eigenvalue weighted by Crippen LogP contribution is -2.43. The van der Waals surface area contributed by atoms with E-state index in [-0.39, 0.29) is 11.5 Å². The average molecular weight is 421 g/mol. The SMILES string of the molecule is N#Cc1cc(F)cc(Nc2cc(NC[C@@H]3CCNC[C@H]3O)nc3c(C4CC4)cnn23)c1. The molecule has 31 heavy (non-hydrogen) atoms. The van der Waals surface area contributed by atoms with Gasteiger partial charge in [0, 0.05) is 36.3 Å². The average Bonchev–Trinajstić information content (AvgIpc) is 3.51. The molecule has 9 heteroatoms. The summed E-state index contributed by atoms with van der Waals surface area (Å²) in [6, 6.07) is 7.93. The van der Waals surface area contributed by atoms with Crippen molar-refractivity contribution in [3.63, 3.8) is 0 Å². The zero-order chi connectivity index (χ0) is 21.4. The molecule has 4 N–H and O–H groups in total. The Labute approximate surface area is 179 Å². The van der Waals surface area contributed by atoms with Gasteiger partial charge in [0.1, 0.15) is 17.5 Å². The molecule has 2 aromatic heterocycles. The number of halogens is 1. The third-order valence-electron chi connectivity index (χ3n) is 5.95. The van der Waals surface area contributed by atoms with Gasteiger partial charge in [-0.05, 0) is 49.9 Å². The van der Waals surface area contributed by atoms with E-state index in [1.165, 1.54) is 12.1 Å². The fraction of sp³-hybridized carbons (Fsp3) is 0.409. The number of rotatable bonds is 6. The van der Waals surface area contributed by atoms with Crippen molar-refractivity contribution in [2.24, 2.45) is 5.92 Å². The van der Waals surface area contributed by atoms with Crippen LogP contribution >= 0.6 is 0 Å². The topological polar surface area (TPSA) is 110 Å². The Morgan fingerprint density at radius 3 is 2.90 bits per heavy atom. The highest BCUT2D eigenvalue weighted by atomic mass is 19.1. The first kappa shape index (κ1) is 19.7. The minimum Gasteiger partial charge on any atom is -0.391 e. The van der Waals surface area contributed by atoms with Gasteiger partial charge >= 0.3 is 0 Å². The second-order valence-electron chi connectivity index (χ2n) is 8.30. The Bertz CT molecular complexity index is 1150. The van der Waals surface area contributed by atoms with Gasteiger partial charge in [0.15, 0.2) is 5.65 Å². The number of β-amino-alcohol motifs (C(OH)–C–C–N with tert-alkyl or cyclic N) is 1. The molecule has 0 radical (unpaired) electrons. The number of aromatic nitrogens is 3. The van der Waals surface area contributed by atoms with Crippen LogP contribution < -0.4 is 16.0 Å². The predicted molar refractivity (Wildman–Crippen MR) is 115 cm³/mol. The maximum absolute atomic E-state index is 13.9. The van der Waals surface area contributed by atoms with E-state index in [0.29, 0.717) is 36.3 Å². The van der Waals surface area contributed by atoms with Crippen LogP contribution in [0.4, 0.5) is 21.7 Å². The Hall–Kier alpha value is -3.22. The number of aliphatic hydroxyl groups excluding tert-OH is 1. The van der Waals surface area contributed by atoms with Gasteiger partial charge in [-0.3, -0.25) is 0 Å². The Balaban J connectivity index is 1.47. The Kier molecular flexibility index (Phi) is 5.18. The zero-order valence-electron chi connectivity index (χ0n) is 17.0. The van der Waals surface area contributed by atoms with E-state index in [4.69, 9.17) is 10.2 Å². The van der Waals surface area contributed by atoms with Gasteiger partial charge < -0.3 is 21.1 Å². The molecule has 1 saturated heterocycles. The summed E-state index contributed by atoms with van der Waals surface area (Å²) in [6.07, 6.45) is 4.59. The molecular formula is C22H24FN7O. The molecule has 1 aromatic carbocycles. The second kappa shape index (κ2) is 8.13. The van der Waals surface area contributed by atoms with E-state index in [2.05, 4.69) is 21.0 Å². The van der Waals surface area contributed by atoms with Crippen LogP contribution in [0.25, 0.3) is 5.65 Å². The van der Waals surface area contributed by atoms with Crippen molar-refractivity contribution in [2.75, 3.05) is 30.3 Å². The van der Waals surface area contributed by atoms with Crippen molar-refractivity contribution >= 4 is 23.0 Å². The first-order valence-corrected chi connectivity index (χ1v) is 10.6. The maximum atomic E-state index is 13.9. The molecule has 3 heterocycles. The summed E-state index contributed by atoms with van der Waals surface area (Å²) in [5, 5.41) is 33.6. The van der Waals surface area contributed by atoms with Crippen molar-refractivity contribution < 1.29 is 9.50 Å². The third kappa shape index (κ3) is 4.17. The monoisotopic (exact) mass is 421 g/mol. The van der Waals surface area contributed by atoms with E-state index in [1.807, 2.05) is 18.3 Å². The van der Waals surface area contributed by atoms with E-state index in [0.717, 1.165) is 37.0 Å². The van der Waals surface area contributed by atoms with Crippen LogP contribution in [0.15, 0.2) is 30.5 Å². The van der Waals surface area contributed by atoms with E-state index in [1.54, 1.807) is 10.6 Å². The second-order valence-corrected chi connectivity index (χ2v) is 8.30. The van der Waals surface area contributed by atoms with Crippen LogP contribution in [0.3, 0.4) is 0 Å². The summed E-state index contributed by atoms with van der Waals surface area (Å²) in [5.74, 6) is 1.42. The van der Waals surface area contributed by atoms with Crippen molar-refractivity contribution in [3.8, 4) is 6.07 Å². The Morgan fingerprint density at radius 1 is 1.26 bits per heavy atom. The van der Waals surface area contributed by atoms with Gasteiger partial charge in [0.25, 0.3) is 0 Å². The molecule has 1 saturated carbocycles.